The van der Waals surface area contributed by atoms with Crippen LogP contribution in [0.25, 0.3) is 10.9 Å². The standard InChI is InChI=1S/C16H19NO4/c1-4-20-14(18)16(3,15(19)21-5-2)13-10-11-8-6-7-9-12(11)17-13/h6-10,17H,4-5H2,1-3H3. The number of para-hydroxylation sites is 1. The largest absolute Gasteiger partial charge is 0.465 e. The number of ether oxygens (including phenoxy) is 2. The van der Waals surface area contributed by atoms with Crippen molar-refractivity contribution in [1.82, 2.24) is 4.98 Å². The third-order valence-electron chi connectivity index (χ3n) is 3.44. The minimum absolute atomic E-state index is 0.202. The molecule has 2 aromatic rings. The predicted octanol–water partition coefficient (Wildman–Crippen LogP) is 2.55. The van der Waals surface area contributed by atoms with E-state index in [1.54, 1.807) is 19.9 Å². The van der Waals surface area contributed by atoms with Crippen molar-refractivity contribution < 1.29 is 19.1 Å². The summed E-state index contributed by atoms with van der Waals surface area (Å²) in [4.78, 5) is 27.7. The Labute approximate surface area is 123 Å². The Bertz CT molecular complexity index is 608. The number of H-pyrrole nitrogens is 1. The highest BCUT2D eigenvalue weighted by atomic mass is 16.6. The summed E-state index contributed by atoms with van der Waals surface area (Å²) in [6, 6.07) is 9.35. The number of carbonyl (C=O) groups excluding carboxylic acids is 2. The van der Waals surface area contributed by atoms with Crippen LogP contribution in [0.3, 0.4) is 0 Å². The van der Waals surface area contributed by atoms with Crippen LogP contribution in [0.15, 0.2) is 30.3 Å². The molecule has 1 aromatic carbocycles. The van der Waals surface area contributed by atoms with E-state index >= 15 is 0 Å². The molecule has 5 nitrogen and oxygen atoms in total. The van der Waals surface area contributed by atoms with Gasteiger partial charge in [0.1, 0.15) is 0 Å². The van der Waals surface area contributed by atoms with Gasteiger partial charge in [-0.2, -0.15) is 0 Å². The number of aromatic nitrogens is 1. The minimum Gasteiger partial charge on any atom is -0.465 e. The topological polar surface area (TPSA) is 68.4 Å². The summed E-state index contributed by atoms with van der Waals surface area (Å²) in [5.74, 6) is -1.23. The molecule has 0 saturated heterocycles. The van der Waals surface area contributed by atoms with Crippen molar-refractivity contribution in [3.63, 3.8) is 0 Å². The van der Waals surface area contributed by atoms with Gasteiger partial charge >= 0.3 is 11.9 Å². The number of rotatable bonds is 5. The first kappa shape index (κ1) is 15.1. The fraction of sp³-hybridized carbons (Fsp3) is 0.375. The van der Waals surface area contributed by atoms with Gasteiger partial charge in [-0.15, -0.1) is 0 Å². The van der Waals surface area contributed by atoms with Gasteiger partial charge < -0.3 is 14.5 Å². The van der Waals surface area contributed by atoms with Crippen molar-refractivity contribution in [2.24, 2.45) is 0 Å². The zero-order valence-electron chi connectivity index (χ0n) is 12.4. The Morgan fingerprint density at radius 2 is 1.67 bits per heavy atom. The number of hydrogen-bond acceptors (Lipinski definition) is 4. The summed E-state index contributed by atoms with van der Waals surface area (Å²) in [7, 11) is 0. The highest BCUT2D eigenvalue weighted by molar-refractivity contribution is 6.06. The first-order valence-electron chi connectivity index (χ1n) is 6.96. The van der Waals surface area contributed by atoms with Crippen molar-refractivity contribution in [2.75, 3.05) is 13.2 Å². The van der Waals surface area contributed by atoms with Crippen LogP contribution in [0, 0.1) is 0 Å². The molecule has 0 aliphatic heterocycles. The van der Waals surface area contributed by atoms with Crippen LogP contribution in [-0.2, 0) is 24.5 Å². The van der Waals surface area contributed by atoms with Gasteiger partial charge in [0.25, 0.3) is 0 Å². The van der Waals surface area contributed by atoms with E-state index in [1.165, 1.54) is 6.92 Å². The molecule has 112 valence electrons. The molecule has 1 N–H and O–H groups in total. The lowest BCUT2D eigenvalue weighted by atomic mass is 9.86. The summed E-state index contributed by atoms with van der Waals surface area (Å²) in [5.41, 5.74) is -0.168. The van der Waals surface area contributed by atoms with E-state index < -0.39 is 17.4 Å². The number of benzene rings is 1. The smallest absolute Gasteiger partial charge is 0.329 e. The first-order valence-corrected chi connectivity index (χ1v) is 6.96. The lowest BCUT2D eigenvalue weighted by Gasteiger charge is -2.23. The first-order chi connectivity index (χ1) is 10.0. The average Bonchev–Trinajstić information content (AvgIpc) is 2.91. The van der Waals surface area contributed by atoms with Crippen molar-refractivity contribution in [1.29, 1.82) is 0 Å². The van der Waals surface area contributed by atoms with Gasteiger partial charge in [0, 0.05) is 11.2 Å². The van der Waals surface area contributed by atoms with Crippen LogP contribution < -0.4 is 0 Å². The van der Waals surface area contributed by atoms with Gasteiger partial charge in [-0.3, -0.25) is 9.59 Å². The van der Waals surface area contributed by atoms with Crippen molar-refractivity contribution in [3.8, 4) is 0 Å². The molecule has 0 bridgehead atoms. The number of fused-ring (bicyclic) bond motifs is 1. The van der Waals surface area contributed by atoms with E-state index in [4.69, 9.17) is 9.47 Å². The van der Waals surface area contributed by atoms with Gasteiger partial charge in [-0.1, -0.05) is 18.2 Å². The molecule has 0 saturated carbocycles. The highest BCUT2D eigenvalue weighted by Crippen LogP contribution is 2.29. The highest BCUT2D eigenvalue weighted by Gasteiger charge is 2.47. The van der Waals surface area contributed by atoms with Gasteiger partial charge in [-0.05, 0) is 38.3 Å². The van der Waals surface area contributed by atoms with Gasteiger partial charge in [0.2, 0.25) is 5.41 Å². The van der Waals surface area contributed by atoms with E-state index in [9.17, 15) is 9.59 Å². The summed E-state index contributed by atoms with van der Waals surface area (Å²) >= 11 is 0. The van der Waals surface area contributed by atoms with E-state index in [0.717, 1.165) is 10.9 Å². The maximum absolute atomic E-state index is 12.3. The molecule has 2 rings (SSSR count). The predicted molar refractivity (Wildman–Crippen MR) is 78.9 cm³/mol. The molecule has 0 atom stereocenters. The summed E-state index contributed by atoms with van der Waals surface area (Å²) in [6.07, 6.45) is 0. The van der Waals surface area contributed by atoms with Crippen LogP contribution in [0.2, 0.25) is 0 Å². The molecule has 0 radical (unpaired) electrons. The third-order valence-corrected chi connectivity index (χ3v) is 3.44. The summed E-state index contributed by atoms with van der Waals surface area (Å²) in [6.45, 7) is 5.33. The van der Waals surface area contributed by atoms with Crippen molar-refractivity contribution >= 4 is 22.8 Å². The SMILES string of the molecule is CCOC(=O)C(C)(C(=O)OCC)c1cc2ccccc2[nH]1. The number of carbonyl (C=O) groups is 2. The number of hydrogen-bond donors (Lipinski definition) is 1. The Kier molecular flexibility index (Phi) is 4.31. The molecule has 5 heteroatoms. The second-order valence-corrected chi connectivity index (χ2v) is 4.84. The van der Waals surface area contributed by atoms with E-state index in [2.05, 4.69) is 4.98 Å². The number of nitrogens with one attached hydrogen (secondary N) is 1. The Morgan fingerprint density at radius 1 is 1.10 bits per heavy atom. The second kappa shape index (κ2) is 5.99. The molecule has 21 heavy (non-hydrogen) atoms. The van der Waals surface area contributed by atoms with Gasteiger partial charge in [0.05, 0.1) is 13.2 Å². The van der Waals surface area contributed by atoms with Crippen LogP contribution in [0.1, 0.15) is 26.5 Å². The van der Waals surface area contributed by atoms with Crippen LogP contribution in [0.5, 0.6) is 0 Å². The number of aromatic amines is 1. The molecule has 0 aliphatic rings. The van der Waals surface area contributed by atoms with Crippen molar-refractivity contribution in [2.45, 2.75) is 26.2 Å². The summed E-state index contributed by atoms with van der Waals surface area (Å²) in [5, 5.41) is 0.923. The molecule has 0 amide bonds. The normalized spacial score (nSPS) is 11.4. The minimum atomic E-state index is -1.49. The fourth-order valence-electron chi connectivity index (χ4n) is 2.20. The Hall–Kier alpha value is -2.30. The fourth-order valence-corrected chi connectivity index (χ4v) is 2.20. The molecule has 1 aromatic heterocycles. The molecule has 1 heterocycles. The maximum Gasteiger partial charge on any atom is 0.329 e. The molecule has 0 spiro atoms. The molecule has 0 unspecified atom stereocenters. The monoisotopic (exact) mass is 289 g/mol. The molecule has 0 aliphatic carbocycles. The maximum atomic E-state index is 12.3. The van der Waals surface area contributed by atoms with E-state index in [-0.39, 0.29) is 13.2 Å². The van der Waals surface area contributed by atoms with Crippen LogP contribution >= 0.6 is 0 Å². The average molecular weight is 289 g/mol. The van der Waals surface area contributed by atoms with E-state index in [1.807, 2.05) is 24.3 Å². The molecule has 0 fully saturated rings. The zero-order valence-corrected chi connectivity index (χ0v) is 12.4. The van der Waals surface area contributed by atoms with E-state index in [0.29, 0.717) is 5.69 Å². The van der Waals surface area contributed by atoms with Gasteiger partial charge in [0.15, 0.2) is 0 Å². The van der Waals surface area contributed by atoms with Gasteiger partial charge in [-0.25, -0.2) is 0 Å². The molecular weight excluding hydrogens is 270 g/mol. The second-order valence-electron chi connectivity index (χ2n) is 4.84. The van der Waals surface area contributed by atoms with Crippen LogP contribution in [-0.4, -0.2) is 30.1 Å². The third kappa shape index (κ3) is 2.63. The number of esters is 2. The lowest BCUT2D eigenvalue weighted by molar-refractivity contribution is -0.164. The Morgan fingerprint density at radius 3 is 2.19 bits per heavy atom. The Balaban J connectivity index is 2.52. The quantitative estimate of drug-likeness (QED) is 0.678. The van der Waals surface area contributed by atoms with Crippen molar-refractivity contribution in [3.05, 3.63) is 36.0 Å². The van der Waals surface area contributed by atoms with Crippen LogP contribution in [0.4, 0.5) is 0 Å². The molecular formula is C16H19NO4. The summed E-state index contributed by atoms with van der Waals surface area (Å²) < 4.78 is 10.1. The zero-order chi connectivity index (χ0) is 15.5. The lowest BCUT2D eigenvalue weighted by Crippen LogP contribution is -2.43.